The summed E-state index contributed by atoms with van der Waals surface area (Å²) < 4.78 is 0. The number of fused-ring (bicyclic) bond motifs is 1. The third-order valence-corrected chi connectivity index (χ3v) is 6.12. The minimum Gasteiger partial charge on any atom is -0.391 e. The first-order valence-electron chi connectivity index (χ1n) is 8.68. The molecule has 0 radical (unpaired) electrons. The van der Waals surface area contributed by atoms with Crippen LogP contribution >= 0.6 is 11.3 Å². The van der Waals surface area contributed by atoms with Crippen molar-refractivity contribution in [2.75, 3.05) is 18.4 Å². The van der Waals surface area contributed by atoms with Crippen LogP contribution in [0.15, 0.2) is 17.8 Å². The molecule has 4 rings (SSSR count). The van der Waals surface area contributed by atoms with Gasteiger partial charge in [0.2, 0.25) is 0 Å². The molecule has 2 fully saturated rings. The molecule has 1 aliphatic heterocycles. The highest BCUT2D eigenvalue weighted by molar-refractivity contribution is 7.16. The average Bonchev–Trinajstić information content (AvgIpc) is 3.06. The molecular weight excluding hydrogens is 308 g/mol. The van der Waals surface area contributed by atoms with E-state index in [0.29, 0.717) is 12.1 Å². The zero-order valence-corrected chi connectivity index (χ0v) is 14.1. The predicted molar refractivity (Wildman–Crippen MR) is 93.9 cm³/mol. The molecular formula is C17H24N4OS. The molecule has 0 spiro atoms. The number of rotatable bonds is 3. The molecule has 0 bridgehead atoms. The first kappa shape index (κ1) is 15.3. The summed E-state index contributed by atoms with van der Waals surface area (Å²) in [5.41, 5.74) is 0. The van der Waals surface area contributed by atoms with Gasteiger partial charge in [-0.15, -0.1) is 11.3 Å². The number of thiophene rings is 1. The van der Waals surface area contributed by atoms with E-state index >= 15 is 0 Å². The maximum atomic E-state index is 10.2. The summed E-state index contributed by atoms with van der Waals surface area (Å²) in [6.07, 6.45) is 8.31. The molecule has 3 heterocycles. The fourth-order valence-corrected chi connectivity index (χ4v) is 4.72. The summed E-state index contributed by atoms with van der Waals surface area (Å²) in [5, 5.41) is 17.0. The van der Waals surface area contributed by atoms with Gasteiger partial charge in [0.05, 0.1) is 11.5 Å². The van der Waals surface area contributed by atoms with Crippen LogP contribution in [0, 0.1) is 0 Å². The van der Waals surface area contributed by atoms with Crippen molar-refractivity contribution in [1.29, 1.82) is 0 Å². The summed E-state index contributed by atoms with van der Waals surface area (Å²) in [6.45, 7) is 2.13. The molecule has 2 unspecified atom stereocenters. The van der Waals surface area contributed by atoms with E-state index < -0.39 is 0 Å². The number of hydrogen-bond donors (Lipinski definition) is 2. The van der Waals surface area contributed by atoms with Crippen LogP contribution in [-0.2, 0) is 0 Å². The van der Waals surface area contributed by atoms with Crippen molar-refractivity contribution in [1.82, 2.24) is 14.9 Å². The summed E-state index contributed by atoms with van der Waals surface area (Å²) >= 11 is 1.66. The summed E-state index contributed by atoms with van der Waals surface area (Å²) in [4.78, 5) is 12.3. The number of aromatic nitrogens is 2. The maximum absolute atomic E-state index is 10.2. The smallest absolute Gasteiger partial charge is 0.138 e. The molecule has 2 atom stereocenters. The molecule has 23 heavy (non-hydrogen) atoms. The van der Waals surface area contributed by atoms with E-state index in [1.54, 1.807) is 17.7 Å². The van der Waals surface area contributed by atoms with Crippen molar-refractivity contribution in [3.8, 4) is 0 Å². The van der Waals surface area contributed by atoms with Gasteiger partial charge in [0.15, 0.2) is 0 Å². The topological polar surface area (TPSA) is 61.3 Å². The Morgan fingerprint density at radius 1 is 1.13 bits per heavy atom. The lowest BCUT2D eigenvalue weighted by atomic mass is 9.89. The Kier molecular flexibility index (Phi) is 4.46. The van der Waals surface area contributed by atoms with Gasteiger partial charge >= 0.3 is 0 Å². The number of piperidine rings is 1. The van der Waals surface area contributed by atoms with Crippen molar-refractivity contribution >= 4 is 27.4 Å². The molecule has 1 aliphatic carbocycles. The van der Waals surface area contributed by atoms with Crippen LogP contribution in [0.25, 0.3) is 10.2 Å². The van der Waals surface area contributed by atoms with E-state index in [2.05, 4.69) is 31.6 Å². The SMILES string of the molecule is OC1CCCCC1N1CCC(Nc2ncnc3sccc23)CC1. The number of nitrogens with zero attached hydrogens (tertiary/aromatic N) is 3. The van der Waals surface area contributed by atoms with Crippen LogP contribution in [0.5, 0.6) is 0 Å². The average molecular weight is 332 g/mol. The molecule has 6 heteroatoms. The highest BCUT2D eigenvalue weighted by Gasteiger charge is 2.31. The molecule has 2 aliphatic rings. The quantitative estimate of drug-likeness (QED) is 0.905. The van der Waals surface area contributed by atoms with Crippen molar-refractivity contribution in [2.45, 2.75) is 56.7 Å². The van der Waals surface area contributed by atoms with Gasteiger partial charge in [-0.1, -0.05) is 12.8 Å². The van der Waals surface area contributed by atoms with Crippen LogP contribution in [0.2, 0.25) is 0 Å². The van der Waals surface area contributed by atoms with Gasteiger partial charge in [-0.25, -0.2) is 9.97 Å². The van der Waals surface area contributed by atoms with E-state index in [0.717, 1.165) is 54.8 Å². The summed E-state index contributed by atoms with van der Waals surface area (Å²) in [6, 6.07) is 2.94. The molecule has 1 saturated carbocycles. The number of likely N-dealkylation sites (tertiary alicyclic amines) is 1. The predicted octanol–water partition coefficient (Wildman–Crippen LogP) is 2.87. The minimum absolute atomic E-state index is 0.124. The second kappa shape index (κ2) is 6.71. The monoisotopic (exact) mass is 332 g/mol. The normalized spacial score (nSPS) is 27.3. The Bertz CT molecular complexity index is 653. The third-order valence-electron chi connectivity index (χ3n) is 5.30. The Balaban J connectivity index is 1.37. The van der Waals surface area contributed by atoms with Gasteiger partial charge in [0.1, 0.15) is 17.0 Å². The lowest BCUT2D eigenvalue weighted by molar-refractivity contribution is 0.00993. The second-order valence-corrected chi connectivity index (χ2v) is 7.63. The molecule has 2 aromatic rings. The largest absolute Gasteiger partial charge is 0.391 e. The molecule has 5 nitrogen and oxygen atoms in total. The molecule has 1 saturated heterocycles. The van der Waals surface area contributed by atoms with Gasteiger partial charge in [-0.2, -0.15) is 0 Å². The Morgan fingerprint density at radius 2 is 1.96 bits per heavy atom. The number of anilines is 1. The van der Waals surface area contributed by atoms with Crippen LogP contribution in [0.4, 0.5) is 5.82 Å². The number of hydrogen-bond acceptors (Lipinski definition) is 6. The molecule has 0 amide bonds. The van der Waals surface area contributed by atoms with Gasteiger partial charge in [0, 0.05) is 25.2 Å². The fraction of sp³-hybridized carbons (Fsp3) is 0.647. The van der Waals surface area contributed by atoms with E-state index in [-0.39, 0.29) is 6.10 Å². The summed E-state index contributed by atoms with van der Waals surface area (Å²) in [5.74, 6) is 0.965. The van der Waals surface area contributed by atoms with Crippen LogP contribution in [-0.4, -0.2) is 51.3 Å². The first-order valence-corrected chi connectivity index (χ1v) is 9.56. The van der Waals surface area contributed by atoms with Gasteiger partial charge in [-0.3, -0.25) is 4.90 Å². The van der Waals surface area contributed by atoms with E-state index in [4.69, 9.17) is 0 Å². The fourth-order valence-electron chi connectivity index (χ4n) is 3.99. The van der Waals surface area contributed by atoms with Crippen molar-refractivity contribution in [2.24, 2.45) is 0 Å². The summed E-state index contributed by atoms with van der Waals surface area (Å²) in [7, 11) is 0. The lowest BCUT2D eigenvalue weighted by Crippen LogP contribution is -2.50. The van der Waals surface area contributed by atoms with E-state index in [1.807, 2.05) is 0 Å². The molecule has 2 N–H and O–H groups in total. The Hall–Kier alpha value is -1.24. The van der Waals surface area contributed by atoms with Gasteiger partial charge < -0.3 is 10.4 Å². The van der Waals surface area contributed by atoms with Crippen molar-refractivity contribution in [3.05, 3.63) is 17.8 Å². The molecule has 124 valence electrons. The van der Waals surface area contributed by atoms with Gasteiger partial charge in [0.25, 0.3) is 0 Å². The minimum atomic E-state index is -0.124. The van der Waals surface area contributed by atoms with Crippen LogP contribution < -0.4 is 5.32 Å². The standard InChI is InChI=1S/C17H24N4OS/c22-15-4-2-1-3-14(15)21-8-5-12(6-9-21)20-16-13-7-10-23-17(13)19-11-18-16/h7,10-12,14-15,22H,1-6,8-9H2,(H,18,19,20). The highest BCUT2D eigenvalue weighted by atomic mass is 32.1. The van der Waals surface area contributed by atoms with Crippen LogP contribution in [0.1, 0.15) is 38.5 Å². The maximum Gasteiger partial charge on any atom is 0.138 e. The zero-order chi connectivity index (χ0) is 15.6. The molecule has 2 aromatic heterocycles. The highest BCUT2D eigenvalue weighted by Crippen LogP contribution is 2.28. The van der Waals surface area contributed by atoms with E-state index in [9.17, 15) is 5.11 Å². The number of aliphatic hydroxyl groups is 1. The second-order valence-electron chi connectivity index (χ2n) is 6.74. The van der Waals surface area contributed by atoms with E-state index in [1.165, 1.54) is 12.8 Å². The molecule has 0 aromatic carbocycles. The number of aliphatic hydroxyl groups excluding tert-OH is 1. The lowest BCUT2D eigenvalue weighted by Gasteiger charge is -2.41. The first-order chi connectivity index (χ1) is 11.3. The third kappa shape index (κ3) is 3.20. The van der Waals surface area contributed by atoms with Crippen LogP contribution in [0.3, 0.4) is 0 Å². The Morgan fingerprint density at radius 3 is 2.78 bits per heavy atom. The Labute approximate surface area is 140 Å². The van der Waals surface area contributed by atoms with Crippen molar-refractivity contribution in [3.63, 3.8) is 0 Å². The number of nitrogens with one attached hydrogen (secondary N) is 1. The zero-order valence-electron chi connectivity index (χ0n) is 13.3. The van der Waals surface area contributed by atoms with Crippen molar-refractivity contribution < 1.29 is 5.11 Å². The van der Waals surface area contributed by atoms with Gasteiger partial charge in [-0.05, 0) is 37.1 Å².